The topological polar surface area (TPSA) is 67.4 Å². The zero-order valence-electron chi connectivity index (χ0n) is 10.5. The highest BCUT2D eigenvalue weighted by Crippen LogP contribution is 2.26. The zero-order valence-corrected chi connectivity index (χ0v) is 12.1. The van der Waals surface area contributed by atoms with Crippen molar-refractivity contribution >= 4 is 33.0 Å². The molecule has 0 fully saturated rings. The molecule has 0 bridgehead atoms. The van der Waals surface area contributed by atoms with Gasteiger partial charge in [-0.25, -0.2) is 8.42 Å². The van der Waals surface area contributed by atoms with Crippen LogP contribution in [-0.4, -0.2) is 27.5 Å². The SMILES string of the molecule is CCOC(C)Nc1cc(NS(C)(=O)=O)ccc1Cl. The Balaban J connectivity index is 2.87. The summed E-state index contributed by atoms with van der Waals surface area (Å²) >= 11 is 6.02. The lowest BCUT2D eigenvalue weighted by atomic mass is 10.3. The van der Waals surface area contributed by atoms with Crippen LogP contribution >= 0.6 is 11.6 Å². The highest BCUT2D eigenvalue weighted by Gasteiger charge is 2.08. The molecule has 0 radical (unpaired) electrons. The molecule has 18 heavy (non-hydrogen) atoms. The first kappa shape index (κ1) is 15.1. The summed E-state index contributed by atoms with van der Waals surface area (Å²) in [6.45, 7) is 4.31. The third-order valence-electron chi connectivity index (χ3n) is 2.05. The molecule has 0 saturated heterocycles. The van der Waals surface area contributed by atoms with Gasteiger partial charge < -0.3 is 10.1 Å². The largest absolute Gasteiger partial charge is 0.359 e. The second kappa shape index (κ2) is 6.26. The third-order valence-corrected chi connectivity index (χ3v) is 2.98. The van der Waals surface area contributed by atoms with Gasteiger partial charge in [-0.2, -0.15) is 0 Å². The Labute approximate surface area is 113 Å². The fourth-order valence-corrected chi connectivity index (χ4v) is 2.15. The summed E-state index contributed by atoms with van der Waals surface area (Å²) in [4.78, 5) is 0. The van der Waals surface area contributed by atoms with Crippen molar-refractivity contribution in [3.05, 3.63) is 23.2 Å². The Morgan fingerprint density at radius 3 is 2.67 bits per heavy atom. The van der Waals surface area contributed by atoms with Gasteiger partial charge in [0, 0.05) is 6.61 Å². The summed E-state index contributed by atoms with van der Waals surface area (Å²) < 4.78 is 30.0. The minimum atomic E-state index is -3.30. The summed E-state index contributed by atoms with van der Waals surface area (Å²) in [6, 6.07) is 4.84. The van der Waals surface area contributed by atoms with E-state index in [-0.39, 0.29) is 6.23 Å². The maximum Gasteiger partial charge on any atom is 0.229 e. The number of sulfonamides is 1. The predicted octanol–water partition coefficient (Wildman–Crippen LogP) is 2.51. The quantitative estimate of drug-likeness (QED) is 0.791. The molecule has 0 aliphatic carbocycles. The van der Waals surface area contributed by atoms with Gasteiger partial charge in [-0.3, -0.25) is 4.72 Å². The van der Waals surface area contributed by atoms with E-state index in [9.17, 15) is 8.42 Å². The van der Waals surface area contributed by atoms with Crippen LogP contribution in [0.2, 0.25) is 5.02 Å². The van der Waals surface area contributed by atoms with E-state index in [1.165, 1.54) is 0 Å². The van der Waals surface area contributed by atoms with Crippen LogP contribution in [0.4, 0.5) is 11.4 Å². The first-order valence-corrected chi connectivity index (χ1v) is 7.74. The number of nitrogens with one attached hydrogen (secondary N) is 2. The van der Waals surface area contributed by atoms with Crippen molar-refractivity contribution in [1.29, 1.82) is 0 Å². The van der Waals surface area contributed by atoms with Crippen LogP contribution < -0.4 is 10.0 Å². The van der Waals surface area contributed by atoms with E-state index in [2.05, 4.69) is 10.0 Å². The van der Waals surface area contributed by atoms with Gasteiger partial charge in [-0.1, -0.05) is 11.6 Å². The molecule has 0 aliphatic rings. The lowest BCUT2D eigenvalue weighted by molar-refractivity contribution is 0.0961. The lowest BCUT2D eigenvalue weighted by Crippen LogP contribution is -2.19. The van der Waals surface area contributed by atoms with Gasteiger partial charge in [0.1, 0.15) is 6.23 Å². The number of halogens is 1. The Hall–Kier alpha value is -0.980. The molecule has 102 valence electrons. The second-order valence-corrected chi connectivity index (χ2v) is 5.97. The molecular weight excluding hydrogens is 276 g/mol. The Morgan fingerprint density at radius 1 is 1.44 bits per heavy atom. The molecule has 1 aromatic carbocycles. The van der Waals surface area contributed by atoms with Crippen LogP contribution in [0, 0.1) is 0 Å². The van der Waals surface area contributed by atoms with E-state index in [4.69, 9.17) is 16.3 Å². The number of benzene rings is 1. The summed E-state index contributed by atoms with van der Waals surface area (Å²) in [6.07, 6.45) is 0.887. The Bertz CT molecular complexity index is 505. The van der Waals surface area contributed by atoms with Crippen molar-refractivity contribution in [2.75, 3.05) is 22.9 Å². The number of hydrogen-bond acceptors (Lipinski definition) is 4. The fourth-order valence-electron chi connectivity index (χ4n) is 1.42. The summed E-state index contributed by atoms with van der Waals surface area (Å²) in [7, 11) is -3.30. The first-order chi connectivity index (χ1) is 8.31. The van der Waals surface area contributed by atoms with Gasteiger partial charge in [-0.05, 0) is 32.0 Å². The molecule has 5 nitrogen and oxygen atoms in total. The molecule has 1 aromatic rings. The molecule has 7 heteroatoms. The van der Waals surface area contributed by atoms with Gasteiger partial charge in [-0.15, -0.1) is 0 Å². The van der Waals surface area contributed by atoms with Gasteiger partial charge in [0.2, 0.25) is 10.0 Å². The molecule has 0 amide bonds. The van der Waals surface area contributed by atoms with E-state index in [1.54, 1.807) is 18.2 Å². The second-order valence-electron chi connectivity index (χ2n) is 3.81. The van der Waals surface area contributed by atoms with Crippen LogP contribution in [0.15, 0.2) is 18.2 Å². The summed E-state index contributed by atoms with van der Waals surface area (Å²) in [5.41, 5.74) is 1.07. The van der Waals surface area contributed by atoms with Crippen molar-refractivity contribution in [3.8, 4) is 0 Å². The third kappa shape index (κ3) is 5.12. The first-order valence-electron chi connectivity index (χ1n) is 5.47. The smallest absolute Gasteiger partial charge is 0.229 e. The van der Waals surface area contributed by atoms with Crippen molar-refractivity contribution in [2.45, 2.75) is 20.1 Å². The van der Waals surface area contributed by atoms with Crippen LogP contribution in [0.25, 0.3) is 0 Å². The highest BCUT2D eigenvalue weighted by molar-refractivity contribution is 7.92. The van der Waals surface area contributed by atoms with E-state index >= 15 is 0 Å². The normalized spacial score (nSPS) is 13.1. The molecule has 0 aliphatic heterocycles. The van der Waals surface area contributed by atoms with E-state index in [1.807, 2.05) is 13.8 Å². The fraction of sp³-hybridized carbons (Fsp3) is 0.455. The van der Waals surface area contributed by atoms with Crippen molar-refractivity contribution in [2.24, 2.45) is 0 Å². The van der Waals surface area contributed by atoms with Crippen LogP contribution in [0.5, 0.6) is 0 Å². The predicted molar refractivity (Wildman–Crippen MR) is 74.6 cm³/mol. The minimum Gasteiger partial charge on any atom is -0.359 e. The van der Waals surface area contributed by atoms with Crippen LogP contribution in [0.3, 0.4) is 0 Å². The maximum atomic E-state index is 11.1. The Kier molecular flexibility index (Phi) is 5.25. The standard InChI is InChI=1S/C11H17ClN2O3S/c1-4-17-8(2)13-11-7-9(5-6-10(11)12)14-18(3,15)16/h5-8,13-14H,4H2,1-3H3. The minimum absolute atomic E-state index is 0.207. The van der Waals surface area contributed by atoms with Crippen LogP contribution in [0.1, 0.15) is 13.8 Å². The molecule has 0 saturated carbocycles. The van der Waals surface area contributed by atoms with E-state index < -0.39 is 10.0 Å². The molecule has 0 spiro atoms. The molecule has 0 heterocycles. The van der Waals surface area contributed by atoms with Crippen LogP contribution in [-0.2, 0) is 14.8 Å². The number of hydrogen-bond donors (Lipinski definition) is 2. The van der Waals surface area contributed by atoms with Gasteiger partial charge >= 0.3 is 0 Å². The van der Waals surface area contributed by atoms with Gasteiger partial charge in [0.15, 0.2) is 0 Å². The lowest BCUT2D eigenvalue weighted by Gasteiger charge is -2.17. The van der Waals surface area contributed by atoms with E-state index in [0.717, 1.165) is 6.26 Å². The average molecular weight is 293 g/mol. The number of ether oxygens (including phenoxy) is 1. The highest BCUT2D eigenvalue weighted by atomic mass is 35.5. The molecular formula is C11H17ClN2O3S. The van der Waals surface area contributed by atoms with Crippen molar-refractivity contribution in [1.82, 2.24) is 0 Å². The van der Waals surface area contributed by atoms with E-state index in [0.29, 0.717) is 23.0 Å². The molecule has 2 N–H and O–H groups in total. The van der Waals surface area contributed by atoms with Crippen molar-refractivity contribution in [3.63, 3.8) is 0 Å². The van der Waals surface area contributed by atoms with Gasteiger partial charge in [0.05, 0.1) is 22.7 Å². The molecule has 1 unspecified atom stereocenters. The van der Waals surface area contributed by atoms with Crippen molar-refractivity contribution < 1.29 is 13.2 Å². The summed E-state index contributed by atoms with van der Waals surface area (Å²) in [5, 5.41) is 3.55. The molecule has 1 rings (SSSR count). The molecule has 1 atom stereocenters. The number of rotatable bonds is 6. The number of anilines is 2. The van der Waals surface area contributed by atoms with Gasteiger partial charge in [0.25, 0.3) is 0 Å². The zero-order chi connectivity index (χ0) is 13.8. The Morgan fingerprint density at radius 2 is 2.11 bits per heavy atom. The monoisotopic (exact) mass is 292 g/mol. The average Bonchev–Trinajstić information content (AvgIpc) is 2.21. The summed E-state index contributed by atoms with van der Waals surface area (Å²) in [5.74, 6) is 0. The molecule has 0 aromatic heterocycles. The maximum absolute atomic E-state index is 11.1.